The SMILES string of the molecule is CC(C)c1ccc(OCC(=O)N/N=C/c2cc(Br)ccc2OC(=O)c2ccccc2Cl)cc1. The highest BCUT2D eigenvalue weighted by Gasteiger charge is 2.14. The van der Waals surface area contributed by atoms with Gasteiger partial charge in [0.1, 0.15) is 11.5 Å². The maximum absolute atomic E-state index is 12.5. The molecule has 0 saturated carbocycles. The Morgan fingerprint density at radius 2 is 1.82 bits per heavy atom. The van der Waals surface area contributed by atoms with Gasteiger partial charge in [0.05, 0.1) is 16.8 Å². The van der Waals surface area contributed by atoms with Crippen LogP contribution in [0.1, 0.15) is 41.3 Å². The first-order valence-electron chi connectivity index (χ1n) is 10.1. The monoisotopic (exact) mass is 528 g/mol. The summed E-state index contributed by atoms with van der Waals surface area (Å²) in [5, 5.41) is 4.24. The number of amides is 1. The summed E-state index contributed by atoms with van der Waals surface area (Å²) in [6.07, 6.45) is 1.38. The molecular weight excluding hydrogens is 508 g/mol. The number of rotatable bonds is 8. The van der Waals surface area contributed by atoms with Gasteiger partial charge >= 0.3 is 5.97 Å². The van der Waals surface area contributed by atoms with Crippen LogP contribution in [0.3, 0.4) is 0 Å². The molecule has 8 heteroatoms. The van der Waals surface area contributed by atoms with Crippen LogP contribution in [0, 0.1) is 0 Å². The van der Waals surface area contributed by atoms with Crippen LogP contribution in [-0.4, -0.2) is 24.7 Å². The molecule has 6 nitrogen and oxygen atoms in total. The second-order valence-electron chi connectivity index (χ2n) is 7.36. The van der Waals surface area contributed by atoms with Gasteiger partial charge in [-0.2, -0.15) is 5.10 Å². The van der Waals surface area contributed by atoms with Crippen molar-refractivity contribution in [3.05, 3.63) is 92.9 Å². The van der Waals surface area contributed by atoms with Crippen LogP contribution in [0.15, 0.2) is 76.3 Å². The fourth-order valence-electron chi connectivity index (χ4n) is 2.80. The van der Waals surface area contributed by atoms with Gasteiger partial charge in [-0.15, -0.1) is 0 Å². The fraction of sp³-hybridized carbons (Fsp3) is 0.160. The molecule has 0 heterocycles. The number of carbonyl (C=O) groups excluding carboxylic acids is 2. The molecule has 0 fully saturated rings. The number of ether oxygens (including phenoxy) is 2. The van der Waals surface area contributed by atoms with Crippen molar-refractivity contribution in [2.75, 3.05) is 6.61 Å². The van der Waals surface area contributed by atoms with Crippen molar-refractivity contribution in [1.82, 2.24) is 5.43 Å². The lowest BCUT2D eigenvalue weighted by Gasteiger charge is -2.09. The average Bonchev–Trinajstić information content (AvgIpc) is 2.80. The maximum Gasteiger partial charge on any atom is 0.345 e. The Labute approximate surface area is 205 Å². The predicted octanol–water partition coefficient (Wildman–Crippen LogP) is 5.97. The average molecular weight is 530 g/mol. The Morgan fingerprint density at radius 3 is 2.52 bits per heavy atom. The first-order chi connectivity index (χ1) is 15.8. The first-order valence-corrected chi connectivity index (χ1v) is 11.3. The van der Waals surface area contributed by atoms with Crippen LogP contribution < -0.4 is 14.9 Å². The van der Waals surface area contributed by atoms with E-state index in [4.69, 9.17) is 21.1 Å². The zero-order valence-electron chi connectivity index (χ0n) is 18.0. The van der Waals surface area contributed by atoms with E-state index in [1.165, 1.54) is 11.8 Å². The van der Waals surface area contributed by atoms with E-state index in [9.17, 15) is 9.59 Å². The van der Waals surface area contributed by atoms with Crippen LogP contribution in [0.5, 0.6) is 11.5 Å². The maximum atomic E-state index is 12.5. The van der Waals surface area contributed by atoms with Crippen LogP contribution in [-0.2, 0) is 4.79 Å². The van der Waals surface area contributed by atoms with Gasteiger partial charge in [-0.3, -0.25) is 4.79 Å². The van der Waals surface area contributed by atoms with E-state index < -0.39 is 11.9 Å². The van der Waals surface area contributed by atoms with Gasteiger partial charge in [0, 0.05) is 10.0 Å². The number of carbonyl (C=O) groups is 2. The minimum Gasteiger partial charge on any atom is -0.484 e. The molecule has 0 atom stereocenters. The summed E-state index contributed by atoms with van der Waals surface area (Å²) >= 11 is 9.44. The van der Waals surface area contributed by atoms with Crippen molar-refractivity contribution < 1.29 is 19.1 Å². The molecule has 3 rings (SSSR count). The summed E-state index contributed by atoms with van der Waals surface area (Å²) in [5.41, 5.74) is 4.32. The van der Waals surface area contributed by atoms with E-state index >= 15 is 0 Å². The molecule has 0 aliphatic rings. The van der Waals surface area contributed by atoms with E-state index in [0.717, 1.165) is 4.47 Å². The summed E-state index contributed by atoms with van der Waals surface area (Å²) in [7, 11) is 0. The van der Waals surface area contributed by atoms with Gasteiger partial charge in [0.2, 0.25) is 0 Å². The Hall–Kier alpha value is -3.16. The molecule has 0 unspecified atom stereocenters. The number of hydrogen-bond donors (Lipinski definition) is 1. The molecule has 0 spiro atoms. The summed E-state index contributed by atoms with van der Waals surface area (Å²) in [6.45, 7) is 4.02. The van der Waals surface area contributed by atoms with Crippen molar-refractivity contribution in [1.29, 1.82) is 0 Å². The molecule has 0 aliphatic carbocycles. The van der Waals surface area contributed by atoms with E-state index in [2.05, 4.69) is 40.3 Å². The summed E-state index contributed by atoms with van der Waals surface area (Å²) in [5.74, 6) is 0.257. The molecule has 3 aromatic carbocycles. The smallest absolute Gasteiger partial charge is 0.345 e. The normalized spacial score (nSPS) is 10.9. The minimum absolute atomic E-state index is 0.189. The molecule has 170 valence electrons. The summed E-state index contributed by atoms with van der Waals surface area (Å²) < 4.78 is 11.7. The number of nitrogens with one attached hydrogen (secondary N) is 1. The number of hydrogen-bond acceptors (Lipinski definition) is 5. The molecule has 0 aliphatic heterocycles. The topological polar surface area (TPSA) is 77.0 Å². The Bertz CT molecular complexity index is 1160. The van der Waals surface area contributed by atoms with Crippen molar-refractivity contribution in [2.45, 2.75) is 19.8 Å². The lowest BCUT2D eigenvalue weighted by molar-refractivity contribution is -0.123. The quantitative estimate of drug-likeness (QED) is 0.169. The van der Waals surface area contributed by atoms with Crippen molar-refractivity contribution in [2.24, 2.45) is 5.10 Å². The number of esters is 1. The highest BCUT2D eigenvalue weighted by atomic mass is 79.9. The van der Waals surface area contributed by atoms with Crippen LogP contribution >= 0.6 is 27.5 Å². The Morgan fingerprint density at radius 1 is 1.09 bits per heavy atom. The predicted molar refractivity (Wildman–Crippen MR) is 132 cm³/mol. The summed E-state index contributed by atoms with van der Waals surface area (Å²) in [6, 6.07) is 19.2. The lowest BCUT2D eigenvalue weighted by Crippen LogP contribution is -2.24. The highest BCUT2D eigenvalue weighted by Crippen LogP contribution is 2.24. The molecule has 0 saturated heterocycles. The fourth-order valence-corrected chi connectivity index (χ4v) is 3.39. The second kappa shape index (κ2) is 11.6. The molecule has 1 amide bonds. The number of hydrazone groups is 1. The second-order valence-corrected chi connectivity index (χ2v) is 8.68. The van der Waals surface area contributed by atoms with Gasteiger partial charge < -0.3 is 9.47 Å². The van der Waals surface area contributed by atoms with E-state index in [1.54, 1.807) is 42.5 Å². The molecule has 33 heavy (non-hydrogen) atoms. The summed E-state index contributed by atoms with van der Waals surface area (Å²) in [4.78, 5) is 24.6. The third-order valence-corrected chi connectivity index (χ3v) is 5.40. The number of benzene rings is 3. The number of halogens is 2. The Kier molecular flexibility index (Phi) is 8.63. The van der Waals surface area contributed by atoms with E-state index in [-0.39, 0.29) is 17.9 Å². The van der Waals surface area contributed by atoms with Crippen LogP contribution in [0.25, 0.3) is 0 Å². The van der Waals surface area contributed by atoms with Gasteiger partial charge in [-0.1, -0.05) is 65.6 Å². The van der Waals surface area contributed by atoms with Crippen molar-refractivity contribution in [3.8, 4) is 11.5 Å². The Balaban J connectivity index is 1.60. The standard InChI is InChI=1S/C25H22BrClN2O4/c1-16(2)17-7-10-20(11-8-17)32-15-24(30)29-28-14-18-13-19(26)9-12-23(18)33-25(31)21-5-3-4-6-22(21)27/h3-14,16H,15H2,1-2H3,(H,29,30)/b28-14+. The van der Waals surface area contributed by atoms with Crippen molar-refractivity contribution >= 4 is 45.6 Å². The largest absolute Gasteiger partial charge is 0.484 e. The third-order valence-electron chi connectivity index (χ3n) is 4.58. The first kappa shape index (κ1) is 24.5. The lowest BCUT2D eigenvalue weighted by atomic mass is 10.0. The van der Waals surface area contributed by atoms with Gasteiger partial charge in [0.15, 0.2) is 6.61 Å². The molecule has 1 N–H and O–H groups in total. The minimum atomic E-state index is -0.599. The molecule has 0 bridgehead atoms. The van der Waals surface area contributed by atoms with Gasteiger partial charge in [-0.05, 0) is 53.9 Å². The zero-order valence-corrected chi connectivity index (χ0v) is 20.4. The third kappa shape index (κ3) is 7.17. The van der Waals surface area contributed by atoms with Crippen molar-refractivity contribution in [3.63, 3.8) is 0 Å². The van der Waals surface area contributed by atoms with Gasteiger partial charge in [-0.25, -0.2) is 10.2 Å². The van der Waals surface area contributed by atoms with E-state index in [0.29, 0.717) is 22.3 Å². The van der Waals surface area contributed by atoms with E-state index in [1.807, 2.05) is 24.3 Å². The van der Waals surface area contributed by atoms with Gasteiger partial charge in [0.25, 0.3) is 5.91 Å². The molecule has 0 aromatic heterocycles. The van der Waals surface area contributed by atoms with Crippen LogP contribution in [0.2, 0.25) is 5.02 Å². The molecule has 0 radical (unpaired) electrons. The molecule has 3 aromatic rings. The van der Waals surface area contributed by atoms with Crippen LogP contribution in [0.4, 0.5) is 0 Å². The number of nitrogens with zero attached hydrogens (tertiary/aromatic N) is 1. The zero-order chi connectivity index (χ0) is 23.8. The molecular formula is C25H22BrClN2O4. The highest BCUT2D eigenvalue weighted by molar-refractivity contribution is 9.10.